The van der Waals surface area contributed by atoms with Gasteiger partial charge in [0.1, 0.15) is 11.8 Å². The number of aromatic nitrogens is 4. The second-order valence-corrected chi connectivity index (χ2v) is 5.26. The first-order valence-electron chi connectivity index (χ1n) is 6.96. The number of imidazole rings is 1. The lowest BCUT2D eigenvalue weighted by Crippen LogP contribution is -2.23. The summed E-state index contributed by atoms with van der Waals surface area (Å²) in [6.07, 6.45) is -1.72. The predicted octanol–water partition coefficient (Wildman–Crippen LogP) is 3.08. The zero-order valence-corrected chi connectivity index (χ0v) is 12.1. The Morgan fingerprint density at radius 3 is 2.76 bits per heavy atom. The molecule has 2 aromatic heterocycles. The monoisotopic (exact) mass is 352 g/mol. The topological polar surface area (TPSA) is 95.6 Å². The largest absolute Gasteiger partial charge is 0.352 e. The van der Waals surface area contributed by atoms with Gasteiger partial charge in [0.25, 0.3) is 12.3 Å². The van der Waals surface area contributed by atoms with E-state index in [0.29, 0.717) is 0 Å². The number of anilines is 3. The normalized spacial score (nSPS) is 15.5. The smallest absolute Gasteiger partial charge is 0.338 e. The van der Waals surface area contributed by atoms with Crippen molar-refractivity contribution < 1.29 is 22.4 Å². The third-order valence-electron chi connectivity index (χ3n) is 3.67. The van der Waals surface area contributed by atoms with Crippen molar-refractivity contribution in [3.05, 3.63) is 35.9 Å². The molecule has 1 aromatic carbocycles. The fraction of sp³-hybridized carbons (Fsp3) is 0.143. The highest BCUT2D eigenvalue weighted by molar-refractivity contribution is 6.04. The highest BCUT2D eigenvalue weighted by atomic mass is 19.3. The van der Waals surface area contributed by atoms with Crippen LogP contribution in [0.2, 0.25) is 0 Å². The summed E-state index contributed by atoms with van der Waals surface area (Å²) in [7, 11) is 0. The molecule has 3 N–H and O–H groups in total. The van der Waals surface area contributed by atoms with Gasteiger partial charge in [-0.05, 0) is 18.2 Å². The number of nitrogens with one attached hydrogen (secondary N) is 3. The Bertz CT molecular complexity index is 1000. The minimum Gasteiger partial charge on any atom is -0.338 e. The number of amides is 1. The predicted molar refractivity (Wildman–Crippen MR) is 78.9 cm³/mol. The summed E-state index contributed by atoms with van der Waals surface area (Å²) in [6.45, 7) is 0. The fourth-order valence-electron chi connectivity index (χ4n) is 2.50. The molecule has 0 saturated carbocycles. The van der Waals surface area contributed by atoms with E-state index in [9.17, 15) is 22.4 Å². The minimum absolute atomic E-state index is 0.00918. The van der Waals surface area contributed by atoms with Gasteiger partial charge in [0, 0.05) is 5.69 Å². The van der Waals surface area contributed by atoms with Gasteiger partial charge in [-0.3, -0.25) is 4.79 Å². The summed E-state index contributed by atoms with van der Waals surface area (Å²) in [5.74, 6) is -5.54. The van der Waals surface area contributed by atoms with Crippen LogP contribution in [0.3, 0.4) is 0 Å². The van der Waals surface area contributed by atoms with Gasteiger partial charge in [0.15, 0.2) is 17.3 Å². The molecule has 3 aromatic rings. The van der Waals surface area contributed by atoms with Gasteiger partial charge in [0.05, 0.1) is 11.3 Å². The van der Waals surface area contributed by atoms with E-state index >= 15 is 0 Å². The van der Waals surface area contributed by atoms with Crippen LogP contribution in [0.15, 0.2) is 24.5 Å². The number of hydrogen-bond donors (Lipinski definition) is 3. The van der Waals surface area contributed by atoms with E-state index in [1.54, 1.807) is 0 Å². The molecule has 4 rings (SSSR count). The third kappa shape index (κ3) is 2.35. The van der Waals surface area contributed by atoms with Crippen LogP contribution in [0.1, 0.15) is 17.8 Å². The van der Waals surface area contributed by atoms with E-state index in [4.69, 9.17) is 0 Å². The number of benzene rings is 1. The van der Waals surface area contributed by atoms with Gasteiger partial charge in [0.2, 0.25) is 0 Å². The van der Waals surface area contributed by atoms with Gasteiger partial charge in [-0.25, -0.2) is 23.7 Å². The first kappa shape index (κ1) is 15.3. The van der Waals surface area contributed by atoms with E-state index < -0.39 is 29.6 Å². The molecule has 1 aliphatic rings. The Labute approximate surface area is 136 Å². The number of nitrogens with zero attached hydrogens (tertiary/aromatic N) is 3. The van der Waals surface area contributed by atoms with E-state index in [1.165, 1.54) is 12.1 Å². The summed E-state index contributed by atoms with van der Waals surface area (Å²) in [5.41, 5.74) is -0.154. The Hall–Kier alpha value is -3.24. The average Bonchev–Trinajstić information content (AvgIpc) is 3.09. The summed E-state index contributed by atoms with van der Waals surface area (Å²) >= 11 is 0. The maximum absolute atomic E-state index is 13.8. The standard InChI is InChI=1S/C14H8F4N6O/c15-9(16)12-23-8-10(19-4-20-11(8)24-12)21-5-1-2-7-6(3-5)14(17,18)13(25)22-7/h1-4,9H,(H,22,25)(H2,19,20,21,23,24). The molecule has 0 atom stereocenters. The van der Waals surface area contributed by atoms with Crippen molar-refractivity contribution in [3.8, 4) is 0 Å². The van der Waals surface area contributed by atoms with Crippen molar-refractivity contribution >= 4 is 34.3 Å². The molecule has 128 valence electrons. The Morgan fingerprint density at radius 1 is 1.20 bits per heavy atom. The number of carbonyl (C=O) groups excluding carboxylic acids is 1. The number of aromatic amines is 1. The molecule has 0 radical (unpaired) electrons. The van der Waals surface area contributed by atoms with Crippen molar-refractivity contribution in [3.63, 3.8) is 0 Å². The summed E-state index contributed by atoms with van der Waals surface area (Å²) in [4.78, 5) is 25.0. The highest BCUT2D eigenvalue weighted by Gasteiger charge is 2.48. The number of fused-ring (bicyclic) bond motifs is 2. The molecular weight excluding hydrogens is 344 g/mol. The van der Waals surface area contributed by atoms with Crippen molar-refractivity contribution in [1.82, 2.24) is 19.9 Å². The molecule has 1 aliphatic heterocycles. The summed E-state index contributed by atoms with van der Waals surface area (Å²) in [5, 5.41) is 4.82. The maximum Gasteiger partial charge on any atom is 0.352 e. The lowest BCUT2D eigenvalue weighted by Gasteiger charge is -2.10. The van der Waals surface area contributed by atoms with Gasteiger partial charge < -0.3 is 15.6 Å². The Morgan fingerprint density at radius 2 is 2.00 bits per heavy atom. The quantitative estimate of drug-likeness (QED) is 0.630. The number of halogens is 4. The molecule has 0 saturated heterocycles. The minimum atomic E-state index is -3.65. The zero-order chi connectivity index (χ0) is 17.8. The number of carbonyl (C=O) groups is 1. The average molecular weight is 352 g/mol. The van der Waals surface area contributed by atoms with Crippen LogP contribution >= 0.6 is 0 Å². The van der Waals surface area contributed by atoms with Crippen LogP contribution in [-0.4, -0.2) is 25.8 Å². The Kier molecular flexibility index (Phi) is 3.14. The van der Waals surface area contributed by atoms with Crippen molar-refractivity contribution in [1.29, 1.82) is 0 Å². The van der Waals surface area contributed by atoms with Crippen molar-refractivity contribution in [2.24, 2.45) is 0 Å². The molecule has 0 bridgehead atoms. The molecule has 3 heterocycles. The molecule has 0 fully saturated rings. The lowest BCUT2D eigenvalue weighted by molar-refractivity contribution is -0.139. The van der Waals surface area contributed by atoms with E-state index in [1.807, 2.05) is 0 Å². The first-order chi connectivity index (χ1) is 11.9. The number of alkyl halides is 4. The number of hydrogen-bond acceptors (Lipinski definition) is 5. The molecule has 11 heteroatoms. The Balaban J connectivity index is 1.73. The van der Waals surface area contributed by atoms with Gasteiger partial charge >= 0.3 is 5.92 Å². The van der Waals surface area contributed by atoms with Crippen LogP contribution in [0, 0.1) is 0 Å². The van der Waals surface area contributed by atoms with E-state index in [-0.39, 0.29) is 28.4 Å². The lowest BCUT2D eigenvalue weighted by atomic mass is 10.1. The number of H-pyrrole nitrogens is 1. The van der Waals surface area contributed by atoms with Crippen LogP contribution < -0.4 is 10.6 Å². The van der Waals surface area contributed by atoms with Crippen LogP contribution in [0.5, 0.6) is 0 Å². The molecule has 1 amide bonds. The molecule has 7 nitrogen and oxygen atoms in total. The maximum atomic E-state index is 13.8. The molecule has 0 aliphatic carbocycles. The second-order valence-electron chi connectivity index (χ2n) is 5.26. The molecule has 25 heavy (non-hydrogen) atoms. The van der Waals surface area contributed by atoms with Gasteiger partial charge in [-0.1, -0.05) is 0 Å². The van der Waals surface area contributed by atoms with Crippen molar-refractivity contribution in [2.45, 2.75) is 12.3 Å². The second kappa shape index (κ2) is 5.13. The highest BCUT2D eigenvalue weighted by Crippen LogP contribution is 2.42. The summed E-state index contributed by atoms with van der Waals surface area (Å²) in [6, 6.07) is 3.84. The van der Waals surface area contributed by atoms with Crippen LogP contribution in [0.25, 0.3) is 11.2 Å². The fourth-order valence-corrected chi connectivity index (χ4v) is 2.50. The first-order valence-corrected chi connectivity index (χ1v) is 6.96. The molecular formula is C14H8F4N6O. The van der Waals surface area contributed by atoms with Crippen LogP contribution in [-0.2, 0) is 10.7 Å². The molecule has 0 unspecified atom stereocenters. The summed E-state index contributed by atoms with van der Waals surface area (Å²) < 4.78 is 53.2. The zero-order valence-electron chi connectivity index (χ0n) is 12.1. The van der Waals surface area contributed by atoms with Gasteiger partial charge in [-0.15, -0.1) is 0 Å². The van der Waals surface area contributed by atoms with Crippen LogP contribution in [0.4, 0.5) is 34.8 Å². The van der Waals surface area contributed by atoms with Crippen molar-refractivity contribution in [2.75, 3.05) is 10.6 Å². The van der Waals surface area contributed by atoms with E-state index in [0.717, 1.165) is 12.4 Å². The van der Waals surface area contributed by atoms with Gasteiger partial charge in [-0.2, -0.15) is 8.78 Å². The SMILES string of the molecule is O=C1Nc2ccc(Nc3ncnc4nc(C(F)F)[nH]c34)cc2C1(F)F. The molecule has 0 spiro atoms. The van der Waals surface area contributed by atoms with E-state index in [2.05, 4.69) is 30.6 Å². The number of rotatable bonds is 3. The third-order valence-corrected chi connectivity index (χ3v) is 3.67.